The predicted octanol–water partition coefficient (Wildman–Crippen LogP) is 5.17. The minimum absolute atomic E-state index is 0.0299. The summed E-state index contributed by atoms with van der Waals surface area (Å²) in [4.78, 5) is 14.5. The van der Waals surface area contributed by atoms with Crippen molar-refractivity contribution in [3.8, 4) is 5.75 Å². The van der Waals surface area contributed by atoms with Crippen LogP contribution < -0.4 is 9.04 Å². The van der Waals surface area contributed by atoms with Gasteiger partial charge in [0.2, 0.25) is 10.0 Å². The number of anilines is 1. The van der Waals surface area contributed by atoms with Crippen LogP contribution in [0.4, 0.5) is 5.69 Å². The number of hydrogen-bond donors (Lipinski definition) is 0. The first-order valence-corrected chi connectivity index (χ1v) is 14.3. The topological polar surface area (TPSA) is 66.9 Å². The van der Waals surface area contributed by atoms with Crippen LogP contribution in [0.25, 0.3) is 0 Å². The molecule has 0 bridgehead atoms. The quantitative estimate of drug-likeness (QED) is 0.386. The van der Waals surface area contributed by atoms with Gasteiger partial charge in [0, 0.05) is 18.1 Å². The molecule has 0 aromatic heterocycles. The Balaban J connectivity index is 1.29. The van der Waals surface area contributed by atoms with Crippen molar-refractivity contribution in [2.45, 2.75) is 25.8 Å². The molecule has 0 radical (unpaired) electrons. The van der Waals surface area contributed by atoms with Crippen LogP contribution in [0.15, 0.2) is 78.9 Å². The van der Waals surface area contributed by atoms with Gasteiger partial charge in [-0.1, -0.05) is 54.1 Å². The standard InChI is InChI=1S/C28H31ClN2O4S/c1-36(33,34)31(20-24-7-9-25(29)10-8-24)26-11-13-27(14-12-26)35-21-28(32)30-17-15-23(16-18-30)19-22-5-3-2-4-6-22/h2-14,23H,15-21H2,1H3. The number of sulfonamides is 1. The Kier molecular flexibility index (Phi) is 8.54. The Bertz CT molecular complexity index is 1240. The zero-order chi connectivity index (χ0) is 25.5. The van der Waals surface area contributed by atoms with Gasteiger partial charge in [0.1, 0.15) is 5.75 Å². The Morgan fingerprint density at radius 2 is 1.58 bits per heavy atom. The number of ether oxygens (including phenoxy) is 1. The van der Waals surface area contributed by atoms with Gasteiger partial charge in [-0.05, 0) is 72.7 Å². The lowest BCUT2D eigenvalue weighted by molar-refractivity contribution is -0.134. The summed E-state index contributed by atoms with van der Waals surface area (Å²) in [5.41, 5.74) is 2.69. The number of benzene rings is 3. The lowest BCUT2D eigenvalue weighted by Crippen LogP contribution is -2.41. The number of amides is 1. The molecule has 0 aliphatic carbocycles. The van der Waals surface area contributed by atoms with Crippen molar-refractivity contribution in [3.05, 3.63) is 95.0 Å². The van der Waals surface area contributed by atoms with Crippen LogP contribution in [0.1, 0.15) is 24.0 Å². The molecule has 8 heteroatoms. The van der Waals surface area contributed by atoms with Crippen LogP contribution in [0.3, 0.4) is 0 Å². The van der Waals surface area contributed by atoms with Crippen molar-refractivity contribution in [1.82, 2.24) is 4.90 Å². The molecule has 190 valence electrons. The number of piperidine rings is 1. The Morgan fingerprint density at radius 1 is 0.944 bits per heavy atom. The highest BCUT2D eigenvalue weighted by molar-refractivity contribution is 7.92. The highest BCUT2D eigenvalue weighted by Gasteiger charge is 2.23. The van der Waals surface area contributed by atoms with Crippen LogP contribution in [-0.4, -0.2) is 45.2 Å². The average molecular weight is 527 g/mol. The maximum Gasteiger partial charge on any atom is 0.260 e. The fourth-order valence-corrected chi connectivity index (χ4v) is 5.45. The second-order valence-corrected chi connectivity index (χ2v) is 11.5. The number of hydrogen-bond acceptors (Lipinski definition) is 4. The molecule has 1 aliphatic rings. The summed E-state index contributed by atoms with van der Waals surface area (Å²) < 4.78 is 31.9. The van der Waals surface area contributed by atoms with Crippen LogP contribution in [0, 0.1) is 5.92 Å². The second-order valence-electron chi connectivity index (χ2n) is 9.19. The van der Waals surface area contributed by atoms with Gasteiger partial charge in [0.25, 0.3) is 5.91 Å². The molecular formula is C28H31ClN2O4S. The van der Waals surface area contributed by atoms with Crippen molar-refractivity contribution < 1.29 is 17.9 Å². The van der Waals surface area contributed by atoms with Gasteiger partial charge in [-0.2, -0.15) is 0 Å². The van der Waals surface area contributed by atoms with Gasteiger partial charge < -0.3 is 9.64 Å². The van der Waals surface area contributed by atoms with E-state index < -0.39 is 10.0 Å². The van der Waals surface area contributed by atoms with Crippen LogP contribution in [0.2, 0.25) is 5.02 Å². The molecule has 0 N–H and O–H groups in total. The number of rotatable bonds is 9. The lowest BCUT2D eigenvalue weighted by atomic mass is 9.90. The monoisotopic (exact) mass is 526 g/mol. The number of nitrogens with zero attached hydrogens (tertiary/aromatic N) is 2. The zero-order valence-electron chi connectivity index (χ0n) is 20.3. The Labute approximate surface area is 218 Å². The Hall–Kier alpha value is -3.03. The molecule has 4 rings (SSSR count). The van der Waals surface area contributed by atoms with Crippen LogP contribution in [-0.2, 0) is 27.8 Å². The molecule has 1 fully saturated rings. The molecule has 1 amide bonds. The molecule has 36 heavy (non-hydrogen) atoms. The van der Waals surface area contributed by atoms with Crippen LogP contribution in [0.5, 0.6) is 5.75 Å². The normalized spacial score (nSPS) is 14.4. The van der Waals surface area contributed by atoms with E-state index >= 15 is 0 Å². The molecular weight excluding hydrogens is 496 g/mol. The first-order valence-electron chi connectivity index (χ1n) is 12.0. The summed E-state index contributed by atoms with van der Waals surface area (Å²) >= 11 is 5.94. The summed E-state index contributed by atoms with van der Waals surface area (Å²) in [5.74, 6) is 1.08. The largest absolute Gasteiger partial charge is 0.484 e. The molecule has 0 saturated carbocycles. The summed E-state index contributed by atoms with van der Waals surface area (Å²) in [6.45, 7) is 1.64. The number of halogens is 1. The van der Waals surface area contributed by atoms with Crippen molar-refractivity contribution in [3.63, 3.8) is 0 Å². The molecule has 6 nitrogen and oxygen atoms in total. The van der Waals surface area contributed by atoms with E-state index in [1.165, 1.54) is 16.1 Å². The third kappa shape index (κ3) is 7.24. The van der Waals surface area contributed by atoms with Crippen molar-refractivity contribution in [1.29, 1.82) is 0 Å². The smallest absolute Gasteiger partial charge is 0.260 e. The average Bonchev–Trinajstić information content (AvgIpc) is 2.88. The SMILES string of the molecule is CS(=O)(=O)N(Cc1ccc(Cl)cc1)c1ccc(OCC(=O)N2CCC(Cc3ccccc3)CC2)cc1. The van der Waals surface area contributed by atoms with Crippen molar-refractivity contribution in [2.24, 2.45) is 5.92 Å². The van der Waals surface area contributed by atoms with E-state index in [0.29, 0.717) is 22.4 Å². The van der Waals surface area contributed by atoms with E-state index in [2.05, 4.69) is 24.3 Å². The maximum absolute atomic E-state index is 12.7. The highest BCUT2D eigenvalue weighted by atomic mass is 35.5. The summed E-state index contributed by atoms with van der Waals surface area (Å²) in [5, 5.41) is 0.595. The molecule has 0 unspecified atom stereocenters. The minimum Gasteiger partial charge on any atom is -0.484 e. The van der Waals surface area contributed by atoms with Crippen molar-refractivity contribution in [2.75, 3.05) is 30.3 Å². The summed E-state index contributed by atoms with van der Waals surface area (Å²) in [7, 11) is -3.51. The van der Waals surface area contributed by atoms with Gasteiger partial charge in [0.05, 0.1) is 18.5 Å². The van der Waals surface area contributed by atoms with E-state index in [-0.39, 0.29) is 19.1 Å². The number of carbonyl (C=O) groups is 1. The first-order chi connectivity index (χ1) is 17.3. The number of likely N-dealkylation sites (tertiary alicyclic amines) is 1. The molecule has 3 aromatic carbocycles. The molecule has 3 aromatic rings. The molecule has 1 saturated heterocycles. The fraction of sp³-hybridized carbons (Fsp3) is 0.321. The minimum atomic E-state index is -3.51. The van der Waals surface area contributed by atoms with E-state index in [4.69, 9.17) is 16.3 Å². The van der Waals surface area contributed by atoms with Gasteiger partial charge in [-0.25, -0.2) is 8.42 Å². The lowest BCUT2D eigenvalue weighted by Gasteiger charge is -2.32. The van der Waals surface area contributed by atoms with Gasteiger partial charge in [0.15, 0.2) is 6.61 Å². The third-order valence-corrected chi connectivity index (χ3v) is 7.85. The summed E-state index contributed by atoms with van der Waals surface area (Å²) in [6.07, 6.45) is 4.21. The number of carbonyl (C=O) groups excluding carboxylic acids is 1. The Morgan fingerprint density at radius 3 is 2.19 bits per heavy atom. The van der Waals surface area contributed by atoms with Gasteiger partial charge >= 0.3 is 0 Å². The zero-order valence-corrected chi connectivity index (χ0v) is 21.9. The highest BCUT2D eigenvalue weighted by Crippen LogP contribution is 2.25. The van der Waals surface area contributed by atoms with E-state index in [0.717, 1.165) is 37.9 Å². The summed E-state index contributed by atoms with van der Waals surface area (Å²) in [6, 6.07) is 24.3. The second kappa shape index (κ2) is 11.8. The van der Waals surface area contributed by atoms with Gasteiger partial charge in [-0.15, -0.1) is 0 Å². The fourth-order valence-electron chi connectivity index (χ4n) is 4.43. The van der Waals surface area contributed by atoms with E-state index in [9.17, 15) is 13.2 Å². The van der Waals surface area contributed by atoms with Crippen LogP contribution >= 0.6 is 11.6 Å². The maximum atomic E-state index is 12.7. The molecule has 0 atom stereocenters. The molecule has 1 heterocycles. The van der Waals surface area contributed by atoms with E-state index in [1.54, 1.807) is 48.5 Å². The van der Waals surface area contributed by atoms with Gasteiger partial charge in [-0.3, -0.25) is 9.10 Å². The predicted molar refractivity (Wildman–Crippen MR) is 144 cm³/mol. The van der Waals surface area contributed by atoms with E-state index in [1.807, 2.05) is 11.0 Å². The first kappa shape index (κ1) is 26.0. The molecule has 0 spiro atoms. The van der Waals surface area contributed by atoms with Crippen molar-refractivity contribution >= 4 is 33.2 Å². The molecule has 1 aliphatic heterocycles. The third-order valence-electron chi connectivity index (χ3n) is 6.46.